The summed E-state index contributed by atoms with van der Waals surface area (Å²) in [6.07, 6.45) is 3.20. The molecule has 1 unspecified atom stereocenters. The highest BCUT2D eigenvalue weighted by Crippen LogP contribution is 2.20. The normalized spacial score (nSPS) is 19.7. The summed E-state index contributed by atoms with van der Waals surface area (Å²) < 4.78 is 0. The molecule has 1 atom stereocenters. The van der Waals surface area contributed by atoms with Crippen molar-refractivity contribution in [1.29, 1.82) is 0 Å². The van der Waals surface area contributed by atoms with Crippen LogP contribution >= 0.6 is 0 Å². The molecule has 102 valence electrons. The highest BCUT2D eigenvalue weighted by Gasteiger charge is 2.31. The molecular weight excluding hydrogens is 232 g/mol. The lowest BCUT2D eigenvalue weighted by Gasteiger charge is -2.25. The molecule has 1 aliphatic rings. The first-order chi connectivity index (χ1) is 8.35. The number of nitrogens with zero attached hydrogens (tertiary/aromatic N) is 1. The Bertz CT molecular complexity index is 339. The van der Waals surface area contributed by atoms with Crippen LogP contribution in [0.15, 0.2) is 12.7 Å². The van der Waals surface area contributed by atoms with Crippen LogP contribution in [-0.2, 0) is 4.79 Å². The lowest BCUT2D eigenvalue weighted by atomic mass is 9.89. The first kappa shape index (κ1) is 14.5. The van der Waals surface area contributed by atoms with E-state index in [9.17, 15) is 9.59 Å². The van der Waals surface area contributed by atoms with Gasteiger partial charge in [-0.05, 0) is 18.3 Å². The number of rotatable bonds is 5. The smallest absolute Gasteiger partial charge is 0.317 e. The van der Waals surface area contributed by atoms with Gasteiger partial charge >= 0.3 is 12.0 Å². The molecule has 0 aromatic carbocycles. The average molecular weight is 254 g/mol. The molecular formula is C13H22N2O3. The maximum absolute atomic E-state index is 11.9. The van der Waals surface area contributed by atoms with E-state index in [4.69, 9.17) is 5.11 Å². The van der Waals surface area contributed by atoms with Gasteiger partial charge in [-0.2, -0.15) is 0 Å². The molecule has 0 radical (unpaired) electrons. The van der Waals surface area contributed by atoms with Crippen molar-refractivity contribution in [2.24, 2.45) is 11.3 Å². The van der Waals surface area contributed by atoms with Crippen molar-refractivity contribution in [3.63, 3.8) is 0 Å². The fraction of sp³-hybridized carbons (Fsp3) is 0.692. The molecule has 1 heterocycles. The van der Waals surface area contributed by atoms with E-state index in [-0.39, 0.29) is 11.4 Å². The largest absolute Gasteiger partial charge is 0.481 e. The number of amides is 2. The van der Waals surface area contributed by atoms with E-state index in [1.165, 1.54) is 0 Å². The van der Waals surface area contributed by atoms with Gasteiger partial charge in [0.2, 0.25) is 0 Å². The van der Waals surface area contributed by atoms with Crippen LogP contribution in [0.3, 0.4) is 0 Å². The van der Waals surface area contributed by atoms with Gasteiger partial charge < -0.3 is 15.3 Å². The van der Waals surface area contributed by atoms with Crippen LogP contribution in [0.1, 0.15) is 26.7 Å². The van der Waals surface area contributed by atoms with Gasteiger partial charge in [-0.1, -0.05) is 19.9 Å². The third-order valence-corrected chi connectivity index (χ3v) is 3.24. The topological polar surface area (TPSA) is 69.6 Å². The second-order valence-electron chi connectivity index (χ2n) is 5.59. The van der Waals surface area contributed by atoms with E-state index < -0.39 is 11.9 Å². The molecule has 2 N–H and O–H groups in total. The van der Waals surface area contributed by atoms with Gasteiger partial charge in [0.1, 0.15) is 0 Å². The second kappa shape index (κ2) is 5.89. The summed E-state index contributed by atoms with van der Waals surface area (Å²) >= 11 is 0. The monoisotopic (exact) mass is 254 g/mol. The van der Waals surface area contributed by atoms with E-state index in [2.05, 4.69) is 25.7 Å². The number of hydrogen-bond donors (Lipinski definition) is 2. The number of carbonyl (C=O) groups excluding carboxylic acids is 1. The Labute approximate surface area is 108 Å². The number of allylic oxidation sites excluding steroid dienone is 1. The van der Waals surface area contributed by atoms with E-state index in [1.807, 2.05) is 6.08 Å². The standard InChI is InChI=1S/C13H22N2O3/c1-4-6-13(2,3)9-14-12(18)15-7-5-10(8-15)11(16)17/h4,10H,1,5-9H2,2-3H3,(H,14,18)(H,16,17). The van der Waals surface area contributed by atoms with Crippen molar-refractivity contribution in [3.05, 3.63) is 12.7 Å². The second-order valence-corrected chi connectivity index (χ2v) is 5.59. The van der Waals surface area contributed by atoms with Crippen LogP contribution in [0.25, 0.3) is 0 Å². The van der Waals surface area contributed by atoms with Crippen molar-refractivity contribution in [3.8, 4) is 0 Å². The van der Waals surface area contributed by atoms with Crippen LogP contribution in [0.5, 0.6) is 0 Å². The molecule has 18 heavy (non-hydrogen) atoms. The highest BCUT2D eigenvalue weighted by molar-refractivity contribution is 5.77. The predicted molar refractivity (Wildman–Crippen MR) is 69.3 cm³/mol. The molecule has 2 amide bonds. The lowest BCUT2D eigenvalue weighted by molar-refractivity contribution is -0.141. The van der Waals surface area contributed by atoms with Crippen LogP contribution in [0.2, 0.25) is 0 Å². The Balaban J connectivity index is 2.38. The van der Waals surface area contributed by atoms with Gasteiger partial charge in [0.05, 0.1) is 5.92 Å². The highest BCUT2D eigenvalue weighted by atomic mass is 16.4. The van der Waals surface area contributed by atoms with Gasteiger partial charge in [-0.25, -0.2) is 4.79 Å². The molecule has 1 fully saturated rings. The van der Waals surface area contributed by atoms with Crippen molar-refractivity contribution in [1.82, 2.24) is 10.2 Å². The zero-order valence-electron chi connectivity index (χ0n) is 11.1. The molecule has 1 rings (SSSR count). The summed E-state index contributed by atoms with van der Waals surface area (Å²) in [7, 11) is 0. The number of likely N-dealkylation sites (tertiary alicyclic amines) is 1. The average Bonchev–Trinajstić information content (AvgIpc) is 2.75. The number of carboxylic acids is 1. The van der Waals surface area contributed by atoms with Gasteiger partial charge in [0.15, 0.2) is 0 Å². The zero-order chi connectivity index (χ0) is 13.8. The first-order valence-corrected chi connectivity index (χ1v) is 6.22. The number of aliphatic carboxylic acids is 1. The summed E-state index contributed by atoms with van der Waals surface area (Å²) in [5, 5.41) is 11.7. The maximum atomic E-state index is 11.9. The van der Waals surface area contributed by atoms with Gasteiger partial charge in [0, 0.05) is 19.6 Å². The number of urea groups is 1. The summed E-state index contributed by atoms with van der Waals surface area (Å²) in [6.45, 7) is 9.19. The Morgan fingerprint density at radius 1 is 1.56 bits per heavy atom. The summed E-state index contributed by atoms with van der Waals surface area (Å²) in [6, 6.07) is -0.170. The summed E-state index contributed by atoms with van der Waals surface area (Å²) in [5.41, 5.74) is -0.0245. The zero-order valence-corrected chi connectivity index (χ0v) is 11.1. The molecule has 1 saturated heterocycles. The van der Waals surface area contributed by atoms with Gasteiger partial charge in [0.25, 0.3) is 0 Å². The Morgan fingerprint density at radius 3 is 2.72 bits per heavy atom. The van der Waals surface area contributed by atoms with Crippen LogP contribution < -0.4 is 5.32 Å². The Hall–Kier alpha value is -1.52. The third-order valence-electron chi connectivity index (χ3n) is 3.24. The molecule has 5 heteroatoms. The minimum absolute atomic E-state index is 0.0245. The van der Waals surface area contributed by atoms with E-state index in [1.54, 1.807) is 4.90 Å². The lowest BCUT2D eigenvalue weighted by Crippen LogP contribution is -2.42. The molecule has 0 aliphatic carbocycles. The fourth-order valence-electron chi connectivity index (χ4n) is 2.04. The van der Waals surface area contributed by atoms with Crippen molar-refractivity contribution >= 4 is 12.0 Å². The third kappa shape index (κ3) is 4.05. The fourth-order valence-corrected chi connectivity index (χ4v) is 2.04. The molecule has 0 spiro atoms. The van der Waals surface area contributed by atoms with E-state index in [0.29, 0.717) is 26.1 Å². The van der Waals surface area contributed by atoms with Gasteiger partial charge in [-0.15, -0.1) is 6.58 Å². The quantitative estimate of drug-likeness (QED) is 0.734. The number of carboxylic acid groups (broad SMARTS) is 1. The van der Waals surface area contributed by atoms with E-state index >= 15 is 0 Å². The molecule has 1 aliphatic heterocycles. The predicted octanol–water partition coefficient (Wildman–Crippen LogP) is 1.70. The summed E-state index contributed by atoms with van der Waals surface area (Å²) in [5.74, 6) is -1.24. The van der Waals surface area contributed by atoms with Crippen LogP contribution in [0, 0.1) is 11.3 Å². The molecule has 0 bridgehead atoms. The van der Waals surface area contributed by atoms with Gasteiger partial charge in [-0.3, -0.25) is 4.79 Å². The number of carbonyl (C=O) groups is 2. The number of hydrogen-bond acceptors (Lipinski definition) is 2. The molecule has 0 aromatic heterocycles. The molecule has 5 nitrogen and oxygen atoms in total. The van der Waals surface area contributed by atoms with Crippen molar-refractivity contribution < 1.29 is 14.7 Å². The SMILES string of the molecule is C=CCC(C)(C)CNC(=O)N1CCC(C(=O)O)C1. The molecule has 0 aromatic rings. The maximum Gasteiger partial charge on any atom is 0.317 e. The Kier molecular flexibility index (Phi) is 4.76. The van der Waals surface area contributed by atoms with Crippen LogP contribution in [0.4, 0.5) is 4.79 Å². The number of nitrogens with one attached hydrogen (secondary N) is 1. The van der Waals surface area contributed by atoms with Crippen molar-refractivity contribution in [2.75, 3.05) is 19.6 Å². The first-order valence-electron chi connectivity index (χ1n) is 6.22. The minimum Gasteiger partial charge on any atom is -0.481 e. The minimum atomic E-state index is -0.822. The molecule has 0 saturated carbocycles. The van der Waals surface area contributed by atoms with Crippen LogP contribution in [-0.4, -0.2) is 41.6 Å². The van der Waals surface area contributed by atoms with E-state index in [0.717, 1.165) is 6.42 Å². The summed E-state index contributed by atoms with van der Waals surface area (Å²) in [4.78, 5) is 24.2. The Morgan fingerprint density at radius 2 is 2.22 bits per heavy atom. The van der Waals surface area contributed by atoms with Crippen molar-refractivity contribution in [2.45, 2.75) is 26.7 Å².